The number of nitrogens with zero attached hydrogens (tertiary/aromatic N) is 1. The van der Waals surface area contributed by atoms with Crippen molar-refractivity contribution in [2.75, 3.05) is 39.4 Å². The lowest BCUT2D eigenvalue weighted by molar-refractivity contribution is -0.123. The van der Waals surface area contributed by atoms with Crippen molar-refractivity contribution < 1.29 is 14.3 Å². The Morgan fingerprint density at radius 1 is 1.37 bits per heavy atom. The molecule has 5 heteroatoms. The molecule has 5 nitrogen and oxygen atoms in total. The number of hydrogen-bond acceptors (Lipinski definition) is 4. The van der Waals surface area contributed by atoms with E-state index in [1.165, 1.54) is 6.42 Å². The second-order valence-corrected chi connectivity index (χ2v) is 5.40. The van der Waals surface area contributed by atoms with Crippen LogP contribution in [-0.4, -0.2) is 62.4 Å². The SMILES string of the molecule is CCNC(=O)CN1CCC(OC[C@H]2CCCO2)CC1. The zero-order chi connectivity index (χ0) is 13.5. The molecule has 1 atom stereocenters. The Kier molecular flexibility index (Phi) is 6.07. The number of likely N-dealkylation sites (tertiary alicyclic amines) is 1. The molecule has 0 bridgehead atoms. The Hall–Kier alpha value is -0.650. The lowest BCUT2D eigenvalue weighted by Gasteiger charge is -2.31. The quantitative estimate of drug-likeness (QED) is 0.775. The largest absolute Gasteiger partial charge is 0.376 e. The number of carbonyl (C=O) groups excluding carboxylic acids is 1. The molecule has 1 amide bonds. The molecule has 0 spiro atoms. The highest BCUT2D eigenvalue weighted by Crippen LogP contribution is 2.17. The number of ether oxygens (including phenoxy) is 2. The Labute approximate surface area is 115 Å². The van der Waals surface area contributed by atoms with E-state index in [-0.39, 0.29) is 5.91 Å². The third-order valence-electron chi connectivity index (χ3n) is 3.82. The summed E-state index contributed by atoms with van der Waals surface area (Å²) in [5.74, 6) is 0.126. The van der Waals surface area contributed by atoms with Crippen LogP contribution >= 0.6 is 0 Å². The highest BCUT2D eigenvalue weighted by molar-refractivity contribution is 5.77. The first-order chi connectivity index (χ1) is 9.28. The van der Waals surface area contributed by atoms with Gasteiger partial charge in [-0.1, -0.05) is 0 Å². The molecule has 0 aromatic heterocycles. The fraction of sp³-hybridized carbons (Fsp3) is 0.929. The molecule has 2 saturated heterocycles. The normalized spacial score (nSPS) is 25.6. The van der Waals surface area contributed by atoms with Crippen molar-refractivity contribution in [3.05, 3.63) is 0 Å². The van der Waals surface area contributed by atoms with Crippen LogP contribution in [0.15, 0.2) is 0 Å². The van der Waals surface area contributed by atoms with Crippen LogP contribution in [0, 0.1) is 0 Å². The van der Waals surface area contributed by atoms with E-state index in [0.29, 0.717) is 25.3 Å². The average Bonchev–Trinajstić information content (AvgIpc) is 2.91. The molecule has 0 aromatic rings. The highest BCUT2D eigenvalue weighted by atomic mass is 16.5. The second-order valence-electron chi connectivity index (χ2n) is 5.40. The summed E-state index contributed by atoms with van der Waals surface area (Å²) in [5, 5.41) is 2.84. The maximum absolute atomic E-state index is 11.5. The van der Waals surface area contributed by atoms with Gasteiger partial charge in [-0.25, -0.2) is 0 Å². The van der Waals surface area contributed by atoms with E-state index < -0.39 is 0 Å². The van der Waals surface area contributed by atoms with Crippen LogP contribution in [0.1, 0.15) is 32.6 Å². The van der Waals surface area contributed by atoms with Gasteiger partial charge in [-0.2, -0.15) is 0 Å². The summed E-state index contributed by atoms with van der Waals surface area (Å²) in [7, 11) is 0. The minimum atomic E-state index is 0.126. The standard InChI is InChI=1S/C14H26N2O3/c1-2-15-14(17)10-16-7-5-12(6-8-16)19-11-13-4-3-9-18-13/h12-13H,2-11H2,1H3,(H,15,17)/t13-/m1/s1. The number of amides is 1. The van der Waals surface area contributed by atoms with Crippen LogP contribution in [0.2, 0.25) is 0 Å². The van der Waals surface area contributed by atoms with Gasteiger partial charge < -0.3 is 14.8 Å². The summed E-state index contributed by atoms with van der Waals surface area (Å²) in [5.41, 5.74) is 0. The van der Waals surface area contributed by atoms with Crippen LogP contribution in [0.4, 0.5) is 0 Å². The number of piperidine rings is 1. The van der Waals surface area contributed by atoms with Crippen LogP contribution in [-0.2, 0) is 14.3 Å². The Morgan fingerprint density at radius 2 is 2.16 bits per heavy atom. The summed E-state index contributed by atoms with van der Waals surface area (Å²) in [6, 6.07) is 0. The van der Waals surface area contributed by atoms with E-state index in [4.69, 9.17) is 9.47 Å². The van der Waals surface area contributed by atoms with Crippen molar-refractivity contribution in [1.82, 2.24) is 10.2 Å². The Bertz CT molecular complexity index is 272. The van der Waals surface area contributed by atoms with Crippen LogP contribution < -0.4 is 5.32 Å². The van der Waals surface area contributed by atoms with Crippen molar-refractivity contribution in [1.29, 1.82) is 0 Å². The third-order valence-corrected chi connectivity index (χ3v) is 3.82. The smallest absolute Gasteiger partial charge is 0.234 e. The van der Waals surface area contributed by atoms with Gasteiger partial charge in [0.05, 0.1) is 25.4 Å². The molecule has 2 aliphatic heterocycles. The molecule has 1 N–H and O–H groups in total. The fourth-order valence-electron chi connectivity index (χ4n) is 2.71. The number of nitrogens with one attached hydrogen (secondary N) is 1. The van der Waals surface area contributed by atoms with Gasteiger partial charge in [0.1, 0.15) is 0 Å². The molecule has 19 heavy (non-hydrogen) atoms. The van der Waals surface area contributed by atoms with Gasteiger partial charge in [-0.05, 0) is 32.6 Å². The summed E-state index contributed by atoms with van der Waals surface area (Å²) in [6.07, 6.45) is 5.00. The van der Waals surface area contributed by atoms with E-state index >= 15 is 0 Å². The van der Waals surface area contributed by atoms with E-state index in [1.54, 1.807) is 0 Å². The highest BCUT2D eigenvalue weighted by Gasteiger charge is 2.23. The summed E-state index contributed by atoms with van der Waals surface area (Å²) >= 11 is 0. The first-order valence-corrected chi connectivity index (χ1v) is 7.50. The van der Waals surface area contributed by atoms with Crippen LogP contribution in [0.3, 0.4) is 0 Å². The lowest BCUT2D eigenvalue weighted by Crippen LogP contribution is -2.43. The maximum atomic E-state index is 11.5. The third kappa shape index (κ3) is 5.09. The van der Waals surface area contributed by atoms with Gasteiger partial charge >= 0.3 is 0 Å². The van der Waals surface area contributed by atoms with E-state index in [1.807, 2.05) is 6.92 Å². The molecule has 2 aliphatic rings. The molecule has 0 saturated carbocycles. The first kappa shape index (κ1) is 14.8. The van der Waals surface area contributed by atoms with E-state index in [0.717, 1.165) is 45.6 Å². The predicted octanol–water partition coefficient (Wildman–Crippen LogP) is 0.783. The summed E-state index contributed by atoms with van der Waals surface area (Å²) in [4.78, 5) is 13.7. The van der Waals surface area contributed by atoms with Crippen molar-refractivity contribution in [2.24, 2.45) is 0 Å². The molecule has 0 unspecified atom stereocenters. The van der Waals surface area contributed by atoms with Gasteiger partial charge in [-0.3, -0.25) is 9.69 Å². The molecule has 110 valence electrons. The van der Waals surface area contributed by atoms with Crippen molar-refractivity contribution >= 4 is 5.91 Å². The molecular weight excluding hydrogens is 244 g/mol. The molecule has 2 rings (SSSR count). The van der Waals surface area contributed by atoms with Crippen molar-refractivity contribution in [2.45, 2.75) is 44.8 Å². The van der Waals surface area contributed by atoms with E-state index in [2.05, 4.69) is 10.2 Å². The maximum Gasteiger partial charge on any atom is 0.234 e. The van der Waals surface area contributed by atoms with Gasteiger partial charge in [0.25, 0.3) is 0 Å². The number of rotatable bonds is 6. The monoisotopic (exact) mass is 270 g/mol. The van der Waals surface area contributed by atoms with Gasteiger partial charge in [0.15, 0.2) is 0 Å². The van der Waals surface area contributed by atoms with E-state index in [9.17, 15) is 4.79 Å². The lowest BCUT2D eigenvalue weighted by atomic mass is 10.1. The minimum Gasteiger partial charge on any atom is -0.376 e. The Morgan fingerprint density at radius 3 is 2.79 bits per heavy atom. The summed E-state index contributed by atoms with van der Waals surface area (Å²) < 4.78 is 11.5. The second kappa shape index (κ2) is 7.82. The Balaban J connectivity index is 1.58. The van der Waals surface area contributed by atoms with Crippen LogP contribution in [0.5, 0.6) is 0 Å². The predicted molar refractivity (Wildman–Crippen MR) is 73.1 cm³/mol. The zero-order valence-corrected chi connectivity index (χ0v) is 11.9. The molecule has 0 radical (unpaired) electrons. The fourth-order valence-corrected chi connectivity index (χ4v) is 2.71. The molecule has 2 heterocycles. The zero-order valence-electron chi connectivity index (χ0n) is 11.9. The molecule has 2 fully saturated rings. The minimum absolute atomic E-state index is 0.126. The van der Waals surface area contributed by atoms with Crippen molar-refractivity contribution in [3.63, 3.8) is 0 Å². The van der Waals surface area contributed by atoms with Gasteiger partial charge in [0.2, 0.25) is 5.91 Å². The van der Waals surface area contributed by atoms with Crippen molar-refractivity contribution in [3.8, 4) is 0 Å². The average molecular weight is 270 g/mol. The first-order valence-electron chi connectivity index (χ1n) is 7.50. The molecule has 0 aliphatic carbocycles. The molecular formula is C14H26N2O3. The number of hydrogen-bond donors (Lipinski definition) is 1. The topological polar surface area (TPSA) is 50.8 Å². The van der Waals surface area contributed by atoms with Crippen LogP contribution in [0.25, 0.3) is 0 Å². The summed E-state index contributed by atoms with van der Waals surface area (Å²) in [6.45, 7) is 6.70. The molecule has 0 aromatic carbocycles. The number of likely N-dealkylation sites (N-methyl/N-ethyl adjacent to an activating group) is 1. The van der Waals surface area contributed by atoms with Gasteiger partial charge in [0, 0.05) is 26.2 Å². The van der Waals surface area contributed by atoms with Gasteiger partial charge in [-0.15, -0.1) is 0 Å². The number of carbonyl (C=O) groups is 1.